The first-order valence-electron chi connectivity index (χ1n) is 9.14. The van der Waals surface area contributed by atoms with E-state index in [0.717, 1.165) is 11.6 Å². The first-order chi connectivity index (χ1) is 15.2. The van der Waals surface area contributed by atoms with Crippen molar-refractivity contribution < 1.29 is 32.2 Å². The quantitative estimate of drug-likeness (QED) is 0.419. The fourth-order valence-corrected chi connectivity index (χ4v) is 4.35. The molecule has 0 unspecified atom stereocenters. The van der Waals surface area contributed by atoms with Crippen LogP contribution in [0.4, 0.5) is 18.2 Å². The van der Waals surface area contributed by atoms with Gasteiger partial charge in [0.05, 0.1) is 25.5 Å². The number of nitrogens with zero attached hydrogens (tertiary/aromatic N) is 1. The van der Waals surface area contributed by atoms with Crippen molar-refractivity contribution in [1.29, 1.82) is 0 Å². The maximum Gasteiger partial charge on any atom is 0.573 e. The van der Waals surface area contributed by atoms with Gasteiger partial charge in [0, 0.05) is 18.1 Å². The van der Waals surface area contributed by atoms with E-state index in [4.69, 9.17) is 9.47 Å². The van der Waals surface area contributed by atoms with Gasteiger partial charge in [-0.15, -0.1) is 13.2 Å². The van der Waals surface area contributed by atoms with Crippen molar-refractivity contribution in [3.05, 3.63) is 59.3 Å². The van der Waals surface area contributed by atoms with E-state index < -0.39 is 18.0 Å². The van der Waals surface area contributed by atoms with Crippen LogP contribution in [0.2, 0.25) is 0 Å². The molecule has 1 amide bonds. The number of thiazole rings is 1. The highest BCUT2D eigenvalue weighted by Crippen LogP contribution is 2.35. The van der Waals surface area contributed by atoms with Crippen LogP contribution in [-0.4, -0.2) is 37.7 Å². The summed E-state index contributed by atoms with van der Waals surface area (Å²) in [5.74, 6) is -0.0951. The van der Waals surface area contributed by atoms with E-state index in [1.165, 1.54) is 48.4 Å². The lowest BCUT2D eigenvalue weighted by molar-refractivity contribution is -0.274. The first kappa shape index (κ1) is 23.7. The van der Waals surface area contributed by atoms with Crippen LogP contribution in [-0.2, 0) is 6.42 Å². The third-order valence-corrected chi connectivity index (χ3v) is 6.29. The number of thioether (sulfide) groups is 1. The van der Waals surface area contributed by atoms with Crippen LogP contribution < -0.4 is 19.5 Å². The molecule has 2 aromatic carbocycles. The van der Waals surface area contributed by atoms with E-state index in [1.54, 1.807) is 19.2 Å². The van der Waals surface area contributed by atoms with Gasteiger partial charge in [0.2, 0.25) is 0 Å². The van der Waals surface area contributed by atoms with E-state index in [1.807, 2.05) is 12.3 Å². The molecule has 0 spiro atoms. The molecular formula is C21H19F3N2O4S2. The lowest BCUT2D eigenvalue weighted by atomic mass is 10.1. The summed E-state index contributed by atoms with van der Waals surface area (Å²) in [6.45, 7) is 0. The van der Waals surface area contributed by atoms with Gasteiger partial charge < -0.3 is 19.5 Å². The number of rotatable bonds is 8. The average Bonchev–Trinajstić information content (AvgIpc) is 3.14. The zero-order valence-corrected chi connectivity index (χ0v) is 18.9. The molecule has 0 radical (unpaired) electrons. The second-order valence-corrected chi connectivity index (χ2v) is 8.36. The molecule has 0 bridgehead atoms. The summed E-state index contributed by atoms with van der Waals surface area (Å²) in [5.41, 5.74) is 1.13. The van der Waals surface area contributed by atoms with Crippen LogP contribution in [0.15, 0.2) is 46.8 Å². The number of carbonyl (C=O) groups excluding carboxylic acids is 1. The van der Waals surface area contributed by atoms with Gasteiger partial charge in [-0.25, -0.2) is 4.98 Å². The number of halogens is 3. The van der Waals surface area contributed by atoms with Crippen molar-refractivity contribution in [2.24, 2.45) is 0 Å². The van der Waals surface area contributed by atoms with Gasteiger partial charge >= 0.3 is 6.36 Å². The Morgan fingerprint density at radius 1 is 1.12 bits per heavy atom. The number of hydrogen-bond acceptors (Lipinski definition) is 7. The zero-order chi connectivity index (χ0) is 23.3. The van der Waals surface area contributed by atoms with Crippen molar-refractivity contribution in [2.75, 3.05) is 25.8 Å². The van der Waals surface area contributed by atoms with E-state index in [2.05, 4.69) is 15.0 Å². The maximum atomic E-state index is 12.8. The number of alkyl halides is 3. The van der Waals surface area contributed by atoms with E-state index in [9.17, 15) is 18.0 Å². The Balaban J connectivity index is 1.89. The number of amides is 1. The summed E-state index contributed by atoms with van der Waals surface area (Å²) >= 11 is 2.63. The summed E-state index contributed by atoms with van der Waals surface area (Å²) in [4.78, 5) is 17.3. The lowest BCUT2D eigenvalue weighted by Crippen LogP contribution is -2.21. The van der Waals surface area contributed by atoms with Crippen LogP contribution in [0.3, 0.4) is 0 Å². The predicted molar refractivity (Wildman–Crippen MR) is 117 cm³/mol. The monoisotopic (exact) mass is 484 g/mol. The van der Waals surface area contributed by atoms with Crippen molar-refractivity contribution in [2.45, 2.75) is 17.1 Å². The highest BCUT2D eigenvalue weighted by Gasteiger charge is 2.33. The van der Waals surface area contributed by atoms with Crippen LogP contribution in [0.25, 0.3) is 0 Å². The second-order valence-electron chi connectivity index (χ2n) is 6.31. The third kappa shape index (κ3) is 5.86. The number of ether oxygens (including phenoxy) is 3. The van der Waals surface area contributed by atoms with Gasteiger partial charge in [0.25, 0.3) is 5.91 Å². The molecule has 0 fully saturated rings. The zero-order valence-electron chi connectivity index (χ0n) is 17.3. The molecule has 1 heterocycles. The van der Waals surface area contributed by atoms with Crippen molar-refractivity contribution in [3.63, 3.8) is 0 Å². The van der Waals surface area contributed by atoms with Gasteiger partial charge in [-0.05, 0) is 24.5 Å². The minimum absolute atomic E-state index is 0.239. The van der Waals surface area contributed by atoms with Gasteiger partial charge in [-0.3, -0.25) is 4.79 Å². The second kappa shape index (κ2) is 10.1. The number of para-hydroxylation sites is 1. The Labute approximate surface area is 190 Å². The minimum Gasteiger partial charge on any atom is -0.497 e. The summed E-state index contributed by atoms with van der Waals surface area (Å²) in [7, 11) is 3.08. The van der Waals surface area contributed by atoms with Gasteiger partial charge in [-0.1, -0.05) is 41.3 Å². The minimum atomic E-state index is -4.91. The molecule has 11 heteroatoms. The smallest absolute Gasteiger partial charge is 0.497 e. The summed E-state index contributed by atoms with van der Waals surface area (Å²) in [6, 6.07) is 10.5. The van der Waals surface area contributed by atoms with Gasteiger partial charge in [0.15, 0.2) is 4.34 Å². The predicted octanol–water partition coefficient (Wildman–Crippen LogP) is 5.62. The molecule has 0 aliphatic heterocycles. The molecule has 170 valence electrons. The molecule has 3 aromatic rings. The van der Waals surface area contributed by atoms with Crippen molar-refractivity contribution >= 4 is 34.0 Å². The normalized spacial score (nSPS) is 11.2. The topological polar surface area (TPSA) is 69.7 Å². The molecule has 0 saturated carbocycles. The molecule has 0 saturated heterocycles. The fourth-order valence-electron chi connectivity index (χ4n) is 2.85. The number of nitrogens with one attached hydrogen (secondary N) is 1. The third-order valence-electron chi connectivity index (χ3n) is 4.29. The number of aromatic nitrogens is 1. The van der Waals surface area contributed by atoms with E-state index in [0.29, 0.717) is 33.0 Å². The SMILES string of the molecule is COc1ccc(Cc2nc(SC)sc2NC(=O)c2ccccc2OC(F)(F)F)c(OC)c1. The number of carbonyl (C=O) groups is 1. The molecule has 0 atom stereocenters. The molecule has 6 nitrogen and oxygen atoms in total. The summed E-state index contributed by atoms with van der Waals surface area (Å²) < 4.78 is 53.4. The Morgan fingerprint density at radius 2 is 1.88 bits per heavy atom. The molecule has 32 heavy (non-hydrogen) atoms. The standard InChI is InChI=1S/C21H19F3N2O4S2/c1-28-13-9-8-12(17(11-13)29-2)10-15-19(32-20(25-15)31-3)26-18(27)14-6-4-5-7-16(14)30-21(22,23)24/h4-9,11H,10H2,1-3H3,(H,26,27). The number of methoxy groups -OCH3 is 2. The van der Waals surface area contributed by atoms with Gasteiger partial charge in [0.1, 0.15) is 22.2 Å². The Kier molecular flexibility index (Phi) is 7.52. The van der Waals surface area contributed by atoms with E-state index >= 15 is 0 Å². The maximum absolute atomic E-state index is 12.8. The number of anilines is 1. The van der Waals surface area contributed by atoms with Crippen molar-refractivity contribution in [1.82, 2.24) is 4.98 Å². The fraction of sp³-hybridized carbons (Fsp3) is 0.238. The molecule has 3 rings (SSSR count). The Bertz CT molecular complexity index is 1100. The van der Waals surface area contributed by atoms with Crippen LogP contribution in [0.5, 0.6) is 17.2 Å². The highest BCUT2D eigenvalue weighted by molar-refractivity contribution is 8.00. The first-order valence-corrected chi connectivity index (χ1v) is 11.2. The molecule has 1 N–H and O–H groups in total. The molecule has 1 aromatic heterocycles. The van der Waals surface area contributed by atoms with Crippen molar-refractivity contribution in [3.8, 4) is 17.2 Å². The van der Waals surface area contributed by atoms with Crippen LogP contribution >= 0.6 is 23.1 Å². The summed E-state index contributed by atoms with van der Waals surface area (Å²) in [5, 5.41) is 3.11. The Hall–Kier alpha value is -2.92. The largest absolute Gasteiger partial charge is 0.573 e. The number of benzene rings is 2. The van der Waals surface area contributed by atoms with Gasteiger partial charge in [-0.2, -0.15) is 0 Å². The molecule has 0 aliphatic rings. The molecular weight excluding hydrogens is 465 g/mol. The van der Waals surface area contributed by atoms with E-state index in [-0.39, 0.29) is 5.56 Å². The lowest BCUT2D eigenvalue weighted by Gasteiger charge is -2.13. The number of hydrogen-bond donors (Lipinski definition) is 1. The average molecular weight is 485 g/mol. The van der Waals surface area contributed by atoms with Crippen LogP contribution in [0.1, 0.15) is 21.6 Å². The Morgan fingerprint density at radius 3 is 2.53 bits per heavy atom. The molecule has 0 aliphatic carbocycles. The highest BCUT2D eigenvalue weighted by atomic mass is 32.2. The van der Waals surface area contributed by atoms with Crippen LogP contribution in [0, 0.1) is 0 Å². The summed E-state index contributed by atoms with van der Waals surface area (Å²) in [6.07, 6.45) is -2.74.